The maximum Gasteiger partial charge on any atom is 0.128 e. The molecule has 1 aromatic rings. The third-order valence-electron chi connectivity index (χ3n) is 5.02. The van der Waals surface area contributed by atoms with Crippen molar-refractivity contribution in [3.05, 3.63) is 35.6 Å². The maximum absolute atomic E-state index is 13.7. The zero-order chi connectivity index (χ0) is 15.3. The van der Waals surface area contributed by atoms with Gasteiger partial charge in [0.2, 0.25) is 0 Å². The summed E-state index contributed by atoms with van der Waals surface area (Å²) in [5.74, 6) is 0.116. The SMILES string of the molecule is CC(C)[C@]12C[C@@H](OCc3ccccc3F)[C@@](C)(O)C[C@H]1O2. The number of ether oxygens (including phenoxy) is 2. The van der Waals surface area contributed by atoms with Crippen molar-refractivity contribution in [3.8, 4) is 0 Å². The van der Waals surface area contributed by atoms with Crippen LogP contribution in [0.3, 0.4) is 0 Å². The molecule has 1 saturated carbocycles. The van der Waals surface area contributed by atoms with Crippen LogP contribution in [0.25, 0.3) is 0 Å². The van der Waals surface area contributed by atoms with Crippen molar-refractivity contribution in [2.24, 2.45) is 5.92 Å². The molecule has 0 spiro atoms. The zero-order valence-corrected chi connectivity index (χ0v) is 12.8. The van der Waals surface area contributed by atoms with Crippen LogP contribution in [0.4, 0.5) is 4.39 Å². The van der Waals surface area contributed by atoms with Gasteiger partial charge in [0.1, 0.15) is 5.82 Å². The van der Waals surface area contributed by atoms with E-state index in [1.54, 1.807) is 25.1 Å². The summed E-state index contributed by atoms with van der Waals surface area (Å²) < 4.78 is 25.4. The largest absolute Gasteiger partial charge is 0.387 e. The minimum atomic E-state index is -0.926. The first-order valence-corrected chi connectivity index (χ1v) is 7.60. The van der Waals surface area contributed by atoms with Gasteiger partial charge in [-0.15, -0.1) is 0 Å². The molecule has 1 saturated heterocycles. The number of fused-ring (bicyclic) bond motifs is 1. The standard InChI is InChI=1S/C17H23FO3/c1-11(2)17-9-14(16(3,19)8-15(17)21-17)20-10-12-6-4-5-7-13(12)18/h4-7,11,14-15,19H,8-10H2,1-3H3/t14-,15-,16+,17-/m1/s1. The highest BCUT2D eigenvalue weighted by Crippen LogP contribution is 2.55. The number of hydrogen-bond acceptors (Lipinski definition) is 3. The maximum atomic E-state index is 13.7. The molecule has 0 unspecified atom stereocenters. The molecule has 4 atom stereocenters. The molecule has 0 amide bonds. The van der Waals surface area contributed by atoms with Gasteiger partial charge in [0.15, 0.2) is 0 Å². The molecule has 1 aliphatic heterocycles. The number of benzene rings is 1. The van der Waals surface area contributed by atoms with Gasteiger partial charge in [0.05, 0.1) is 30.0 Å². The van der Waals surface area contributed by atoms with E-state index in [0.29, 0.717) is 24.3 Å². The first-order valence-electron chi connectivity index (χ1n) is 7.60. The van der Waals surface area contributed by atoms with Crippen molar-refractivity contribution < 1.29 is 19.0 Å². The number of rotatable bonds is 4. The van der Waals surface area contributed by atoms with Crippen molar-refractivity contribution in [2.75, 3.05) is 0 Å². The normalized spacial score (nSPS) is 38.4. The van der Waals surface area contributed by atoms with E-state index in [1.807, 2.05) is 0 Å². The van der Waals surface area contributed by atoms with Crippen molar-refractivity contribution in [1.29, 1.82) is 0 Å². The smallest absolute Gasteiger partial charge is 0.128 e. The third kappa shape index (κ3) is 2.60. The summed E-state index contributed by atoms with van der Waals surface area (Å²) in [5.41, 5.74) is -0.571. The lowest BCUT2D eigenvalue weighted by molar-refractivity contribution is -0.129. The van der Waals surface area contributed by atoms with Crippen LogP contribution in [0.15, 0.2) is 24.3 Å². The van der Waals surface area contributed by atoms with Crippen LogP contribution in [0.1, 0.15) is 39.2 Å². The molecule has 2 fully saturated rings. The van der Waals surface area contributed by atoms with Gasteiger partial charge in [-0.25, -0.2) is 4.39 Å². The lowest BCUT2D eigenvalue weighted by atomic mass is 9.73. The van der Waals surface area contributed by atoms with E-state index in [-0.39, 0.29) is 30.2 Å². The Morgan fingerprint density at radius 2 is 2.10 bits per heavy atom. The van der Waals surface area contributed by atoms with Crippen molar-refractivity contribution >= 4 is 0 Å². The lowest BCUT2D eigenvalue weighted by Crippen LogP contribution is -2.50. The van der Waals surface area contributed by atoms with Crippen molar-refractivity contribution in [3.63, 3.8) is 0 Å². The Kier molecular flexibility index (Phi) is 3.59. The minimum absolute atomic E-state index is 0.126. The van der Waals surface area contributed by atoms with E-state index < -0.39 is 5.60 Å². The number of halogens is 1. The van der Waals surface area contributed by atoms with E-state index in [1.165, 1.54) is 6.07 Å². The Bertz CT molecular complexity index is 529. The fourth-order valence-corrected chi connectivity index (χ4v) is 3.43. The molecule has 116 valence electrons. The Morgan fingerprint density at radius 3 is 2.76 bits per heavy atom. The molecule has 1 aromatic carbocycles. The van der Waals surface area contributed by atoms with Gasteiger partial charge in [-0.1, -0.05) is 32.0 Å². The predicted octanol–water partition coefficient (Wildman–Crippen LogP) is 3.05. The second kappa shape index (κ2) is 5.04. The summed E-state index contributed by atoms with van der Waals surface area (Å²) in [6, 6.07) is 6.58. The van der Waals surface area contributed by atoms with Crippen LogP contribution >= 0.6 is 0 Å². The second-order valence-electron chi connectivity index (χ2n) is 6.87. The first-order chi connectivity index (χ1) is 9.85. The molecule has 4 heteroatoms. The van der Waals surface area contributed by atoms with Crippen LogP contribution in [-0.4, -0.2) is 28.5 Å². The summed E-state index contributed by atoms with van der Waals surface area (Å²) in [7, 11) is 0. The molecule has 3 nitrogen and oxygen atoms in total. The van der Waals surface area contributed by atoms with Gasteiger partial charge >= 0.3 is 0 Å². The van der Waals surface area contributed by atoms with E-state index in [2.05, 4.69) is 13.8 Å². The minimum Gasteiger partial charge on any atom is -0.387 e. The molecule has 21 heavy (non-hydrogen) atoms. The van der Waals surface area contributed by atoms with Gasteiger partial charge in [-0.3, -0.25) is 0 Å². The Labute approximate surface area is 125 Å². The second-order valence-corrected chi connectivity index (χ2v) is 6.87. The summed E-state index contributed by atoms with van der Waals surface area (Å²) in [6.45, 7) is 6.22. The van der Waals surface area contributed by atoms with Crippen molar-refractivity contribution in [1.82, 2.24) is 0 Å². The summed E-state index contributed by atoms with van der Waals surface area (Å²) in [4.78, 5) is 0. The van der Waals surface area contributed by atoms with Crippen LogP contribution in [0.2, 0.25) is 0 Å². The molecule has 0 aromatic heterocycles. The van der Waals surface area contributed by atoms with E-state index in [4.69, 9.17) is 9.47 Å². The zero-order valence-electron chi connectivity index (χ0n) is 12.8. The molecule has 0 radical (unpaired) electrons. The lowest BCUT2D eigenvalue weighted by Gasteiger charge is -2.39. The molecule has 2 aliphatic rings. The summed E-state index contributed by atoms with van der Waals surface area (Å²) in [5, 5.41) is 10.6. The number of epoxide rings is 1. The molecule has 0 bridgehead atoms. The Hall–Kier alpha value is -0.970. The molecule has 1 N–H and O–H groups in total. The fourth-order valence-electron chi connectivity index (χ4n) is 3.43. The highest BCUT2D eigenvalue weighted by Gasteiger charge is 2.66. The average Bonchev–Trinajstić information content (AvgIpc) is 3.10. The Morgan fingerprint density at radius 1 is 1.38 bits per heavy atom. The molecule has 3 rings (SSSR count). The molecular weight excluding hydrogens is 271 g/mol. The fraction of sp³-hybridized carbons (Fsp3) is 0.647. The van der Waals surface area contributed by atoms with Gasteiger partial charge in [0, 0.05) is 18.4 Å². The van der Waals surface area contributed by atoms with Crippen molar-refractivity contribution in [2.45, 2.75) is 63.6 Å². The van der Waals surface area contributed by atoms with Crippen LogP contribution < -0.4 is 0 Å². The van der Waals surface area contributed by atoms with Gasteiger partial charge in [0.25, 0.3) is 0 Å². The highest BCUT2D eigenvalue weighted by atomic mass is 19.1. The van der Waals surface area contributed by atoms with Crippen LogP contribution in [0, 0.1) is 11.7 Å². The van der Waals surface area contributed by atoms with Crippen LogP contribution in [-0.2, 0) is 16.1 Å². The van der Waals surface area contributed by atoms with E-state index in [9.17, 15) is 9.50 Å². The van der Waals surface area contributed by atoms with E-state index in [0.717, 1.165) is 0 Å². The van der Waals surface area contributed by atoms with Gasteiger partial charge < -0.3 is 14.6 Å². The number of aliphatic hydroxyl groups is 1. The topological polar surface area (TPSA) is 42.0 Å². The van der Waals surface area contributed by atoms with Gasteiger partial charge in [-0.05, 0) is 18.9 Å². The molecule has 1 heterocycles. The summed E-state index contributed by atoms with van der Waals surface area (Å²) in [6.07, 6.45) is 1.03. The van der Waals surface area contributed by atoms with Crippen LogP contribution in [0.5, 0.6) is 0 Å². The van der Waals surface area contributed by atoms with E-state index >= 15 is 0 Å². The third-order valence-corrected chi connectivity index (χ3v) is 5.02. The molecule has 1 aliphatic carbocycles. The highest BCUT2D eigenvalue weighted by molar-refractivity contribution is 5.17. The van der Waals surface area contributed by atoms with Gasteiger partial charge in [-0.2, -0.15) is 0 Å². The average molecular weight is 294 g/mol. The summed E-state index contributed by atoms with van der Waals surface area (Å²) >= 11 is 0. The first kappa shape index (κ1) is 14.9. The number of hydrogen-bond donors (Lipinski definition) is 1. The quantitative estimate of drug-likeness (QED) is 0.868. The predicted molar refractivity (Wildman–Crippen MR) is 77.3 cm³/mol. The molecular formula is C17H23FO3. The Balaban J connectivity index is 1.70. The monoisotopic (exact) mass is 294 g/mol.